The quantitative estimate of drug-likeness (QED) is 0.745. The fourth-order valence-electron chi connectivity index (χ4n) is 1.92. The number of rotatable bonds is 2. The SMILES string of the molecule is O=C(O)c1ccc2c(-c3ccco3)cccc2n1. The molecule has 0 aliphatic carbocycles. The van der Waals surface area contributed by atoms with E-state index in [1.165, 1.54) is 6.07 Å². The Balaban J connectivity index is 2.26. The molecule has 0 saturated carbocycles. The van der Waals surface area contributed by atoms with Crippen LogP contribution in [0, 0.1) is 0 Å². The van der Waals surface area contributed by atoms with Gasteiger partial charge in [0.05, 0.1) is 11.8 Å². The molecule has 18 heavy (non-hydrogen) atoms. The van der Waals surface area contributed by atoms with Gasteiger partial charge in [-0.25, -0.2) is 9.78 Å². The van der Waals surface area contributed by atoms with Gasteiger partial charge < -0.3 is 9.52 Å². The predicted molar refractivity (Wildman–Crippen MR) is 66.4 cm³/mol. The van der Waals surface area contributed by atoms with Crippen molar-refractivity contribution in [2.24, 2.45) is 0 Å². The fraction of sp³-hybridized carbons (Fsp3) is 0. The van der Waals surface area contributed by atoms with Crippen LogP contribution in [-0.4, -0.2) is 16.1 Å². The molecule has 0 unspecified atom stereocenters. The van der Waals surface area contributed by atoms with E-state index in [2.05, 4.69) is 4.98 Å². The zero-order valence-electron chi connectivity index (χ0n) is 9.33. The molecule has 3 aromatic rings. The van der Waals surface area contributed by atoms with Crippen molar-refractivity contribution in [2.45, 2.75) is 0 Å². The van der Waals surface area contributed by atoms with Crippen LogP contribution < -0.4 is 0 Å². The lowest BCUT2D eigenvalue weighted by molar-refractivity contribution is 0.0691. The van der Waals surface area contributed by atoms with Gasteiger partial charge in [-0.15, -0.1) is 0 Å². The minimum atomic E-state index is -1.03. The molecule has 0 spiro atoms. The monoisotopic (exact) mass is 239 g/mol. The molecule has 0 aliphatic rings. The van der Waals surface area contributed by atoms with Crippen molar-refractivity contribution in [3.05, 3.63) is 54.4 Å². The summed E-state index contributed by atoms with van der Waals surface area (Å²) in [4.78, 5) is 15.0. The number of carbonyl (C=O) groups is 1. The number of furan rings is 1. The standard InChI is InChI=1S/C14H9NO3/c16-14(17)12-7-6-9-10(13-5-2-8-18-13)3-1-4-11(9)15-12/h1-8H,(H,16,17). The van der Waals surface area contributed by atoms with Gasteiger partial charge in [0.25, 0.3) is 0 Å². The Hall–Kier alpha value is -2.62. The summed E-state index contributed by atoms with van der Waals surface area (Å²) in [5.41, 5.74) is 1.59. The highest BCUT2D eigenvalue weighted by molar-refractivity contribution is 5.96. The average molecular weight is 239 g/mol. The third-order valence-corrected chi connectivity index (χ3v) is 2.74. The van der Waals surface area contributed by atoms with E-state index in [-0.39, 0.29) is 5.69 Å². The molecule has 2 heterocycles. The maximum absolute atomic E-state index is 10.9. The smallest absolute Gasteiger partial charge is 0.354 e. The molecule has 0 fully saturated rings. The fourth-order valence-corrected chi connectivity index (χ4v) is 1.92. The summed E-state index contributed by atoms with van der Waals surface area (Å²) in [6.07, 6.45) is 1.60. The van der Waals surface area contributed by atoms with E-state index >= 15 is 0 Å². The van der Waals surface area contributed by atoms with Crippen molar-refractivity contribution in [3.63, 3.8) is 0 Å². The molecule has 0 saturated heterocycles. The number of benzene rings is 1. The molecule has 2 aromatic heterocycles. The van der Waals surface area contributed by atoms with Gasteiger partial charge in [0.15, 0.2) is 0 Å². The Morgan fingerprint density at radius 3 is 2.72 bits per heavy atom. The number of aromatic carboxylic acids is 1. The molecule has 4 nitrogen and oxygen atoms in total. The van der Waals surface area contributed by atoms with E-state index in [0.717, 1.165) is 16.7 Å². The second-order valence-electron chi connectivity index (χ2n) is 3.85. The largest absolute Gasteiger partial charge is 0.477 e. The minimum absolute atomic E-state index is 0.0408. The molecule has 1 aromatic carbocycles. The highest BCUT2D eigenvalue weighted by Gasteiger charge is 2.09. The first-order chi connectivity index (χ1) is 8.75. The Morgan fingerprint density at radius 2 is 2.00 bits per heavy atom. The minimum Gasteiger partial charge on any atom is -0.477 e. The summed E-state index contributed by atoms with van der Waals surface area (Å²) >= 11 is 0. The van der Waals surface area contributed by atoms with Gasteiger partial charge in [-0.05, 0) is 30.3 Å². The topological polar surface area (TPSA) is 63.3 Å². The van der Waals surface area contributed by atoms with Crippen LogP contribution in [0.5, 0.6) is 0 Å². The van der Waals surface area contributed by atoms with E-state index in [1.54, 1.807) is 18.4 Å². The van der Waals surface area contributed by atoms with Crippen LogP contribution in [0.4, 0.5) is 0 Å². The molecule has 0 atom stereocenters. The molecule has 1 N–H and O–H groups in total. The van der Waals surface area contributed by atoms with Crippen molar-refractivity contribution < 1.29 is 14.3 Å². The van der Waals surface area contributed by atoms with Crippen LogP contribution >= 0.6 is 0 Å². The zero-order valence-corrected chi connectivity index (χ0v) is 9.33. The first kappa shape index (κ1) is 10.5. The number of hydrogen-bond acceptors (Lipinski definition) is 3. The normalized spacial score (nSPS) is 10.7. The summed E-state index contributed by atoms with van der Waals surface area (Å²) in [6, 6.07) is 12.5. The maximum atomic E-state index is 10.9. The molecule has 0 aliphatic heterocycles. The number of pyridine rings is 1. The first-order valence-corrected chi connectivity index (χ1v) is 5.42. The van der Waals surface area contributed by atoms with Gasteiger partial charge in [0, 0.05) is 10.9 Å². The number of carboxylic acid groups (broad SMARTS) is 1. The van der Waals surface area contributed by atoms with Gasteiger partial charge in [0.2, 0.25) is 0 Å². The van der Waals surface area contributed by atoms with Gasteiger partial charge in [-0.2, -0.15) is 0 Å². The molecule has 0 amide bonds. The van der Waals surface area contributed by atoms with E-state index in [9.17, 15) is 4.79 Å². The van der Waals surface area contributed by atoms with Gasteiger partial charge >= 0.3 is 5.97 Å². The van der Waals surface area contributed by atoms with Crippen LogP contribution in [-0.2, 0) is 0 Å². The van der Waals surface area contributed by atoms with Crippen LogP contribution in [0.2, 0.25) is 0 Å². The molecular formula is C14H9NO3. The maximum Gasteiger partial charge on any atom is 0.354 e. The van der Waals surface area contributed by atoms with Crippen molar-refractivity contribution in [1.82, 2.24) is 4.98 Å². The Labute approximate surface area is 103 Å². The third kappa shape index (κ3) is 1.64. The van der Waals surface area contributed by atoms with Crippen LogP contribution in [0.1, 0.15) is 10.5 Å². The second kappa shape index (κ2) is 4.00. The van der Waals surface area contributed by atoms with E-state index in [0.29, 0.717) is 5.52 Å². The number of fused-ring (bicyclic) bond motifs is 1. The Bertz CT molecular complexity index is 717. The molecule has 88 valence electrons. The predicted octanol–water partition coefficient (Wildman–Crippen LogP) is 3.19. The summed E-state index contributed by atoms with van der Waals surface area (Å²) < 4.78 is 5.36. The number of nitrogens with zero attached hydrogens (tertiary/aromatic N) is 1. The second-order valence-corrected chi connectivity index (χ2v) is 3.85. The highest BCUT2D eigenvalue weighted by atomic mass is 16.4. The molecule has 0 radical (unpaired) electrons. The van der Waals surface area contributed by atoms with Crippen LogP contribution in [0.25, 0.3) is 22.2 Å². The molecule has 0 bridgehead atoms. The van der Waals surface area contributed by atoms with Crippen molar-refractivity contribution in [1.29, 1.82) is 0 Å². The third-order valence-electron chi connectivity index (χ3n) is 2.74. The van der Waals surface area contributed by atoms with Crippen LogP contribution in [0.15, 0.2) is 53.1 Å². The van der Waals surface area contributed by atoms with Crippen molar-refractivity contribution >= 4 is 16.9 Å². The van der Waals surface area contributed by atoms with Gasteiger partial charge in [0.1, 0.15) is 11.5 Å². The van der Waals surface area contributed by atoms with Gasteiger partial charge in [-0.1, -0.05) is 12.1 Å². The summed E-state index contributed by atoms with van der Waals surface area (Å²) in [5.74, 6) is -0.286. The van der Waals surface area contributed by atoms with Crippen molar-refractivity contribution in [3.8, 4) is 11.3 Å². The molecular weight excluding hydrogens is 230 g/mol. The van der Waals surface area contributed by atoms with E-state index in [1.807, 2.05) is 24.3 Å². The molecule has 3 rings (SSSR count). The molecule has 4 heteroatoms. The first-order valence-electron chi connectivity index (χ1n) is 5.42. The number of hydrogen-bond donors (Lipinski definition) is 1. The lowest BCUT2D eigenvalue weighted by atomic mass is 10.1. The lowest BCUT2D eigenvalue weighted by Gasteiger charge is -2.04. The van der Waals surface area contributed by atoms with E-state index in [4.69, 9.17) is 9.52 Å². The van der Waals surface area contributed by atoms with Crippen LogP contribution in [0.3, 0.4) is 0 Å². The lowest BCUT2D eigenvalue weighted by Crippen LogP contribution is -1.99. The summed E-state index contributed by atoms with van der Waals surface area (Å²) in [5, 5.41) is 9.79. The summed E-state index contributed by atoms with van der Waals surface area (Å²) in [7, 11) is 0. The summed E-state index contributed by atoms with van der Waals surface area (Å²) in [6.45, 7) is 0. The Morgan fingerprint density at radius 1 is 1.11 bits per heavy atom. The highest BCUT2D eigenvalue weighted by Crippen LogP contribution is 2.28. The van der Waals surface area contributed by atoms with E-state index < -0.39 is 5.97 Å². The average Bonchev–Trinajstić information content (AvgIpc) is 2.91. The number of carboxylic acids is 1. The zero-order chi connectivity index (χ0) is 12.5. The number of aromatic nitrogens is 1. The van der Waals surface area contributed by atoms with Crippen molar-refractivity contribution in [2.75, 3.05) is 0 Å². The van der Waals surface area contributed by atoms with Gasteiger partial charge in [-0.3, -0.25) is 0 Å². The Kier molecular flexibility index (Phi) is 2.34.